The summed E-state index contributed by atoms with van der Waals surface area (Å²) in [6, 6.07) is 7.11. The van der Waals surface area contributed by atoms with Crippen molar-refractivity contribution in [1.82, 2.24) is 5.06 Å². The standard InChI is InChI=1S/C13H16FNO3/c1-15(18-3)13(16)11-10(12(11)14)8-4-6-9(17-2)7-5-8/h4-7,10-12H,1-3H3/t10-,11-,12+/m1/s1. The number of alkyl halides is 1. The van der Waals surface area contributed by atoms with Crippen LogP contribution in [0.5, 0.6) is 5.75 Å². The highest BCUT2D eigenvalue weighted by Crippen LogP contribution is 2.51. The Hall–Kier alpha value is -1.62. The molecule has 0 bridgehead atoms. The third-order valence-corrected chi connectivity index (χ3v) is 3.30. The Labute approximate surface area is 105 Å². The van der Waals surface area contributed by atoms with Gasteiger partial charge in [0.15, 0.2) is 0 Å². The van der Waals surface area contributed by atoms with E-state index in [2.05, 4.69) is 0 Å². The summed E-state index contributed by atoms with van der Waals surface area (Å²) < 4.78 is 18.8. The fraction of sp³-hybridized carbons (Fsp3) is 0.462. The number of methoxy groups -OCH3 is 1. The Kier molecular flexibility index (Phi) is 3.52. The van der Waals surface area contributed by atoms with Crippen molar-refractivity contribution >= 4 is 5.91 Å². The molecule has 1 fully saturated rings. The van der Waals surface area contributed by atoms with E-state index in [1.807, 2.05) is 0 Å². The number of benzene rings is 1. The van der Waals surface area contributed by atoms with E-state index in [1.54, 1.807) is 31.4 Å². The summed E-state index contributed by atoms with van der Waals surface area (Å²) in [6.45, 7) is 0. The number of rotatable bonds is 4. The molecule has 0 saturated heterocycles. The van der Waals surface area contributed by atoms with Gasteiger partial charge in [0, 0.05) is 13.0 Å². The summed E-state index contributed by atoms with van der Waals surface area (Å²) in [5, 5.41) is 1.07. The topological polar surface area (TPSA) is 38.8 Å². The Morgan fingerprint density at radius 3 is 2.39 bits per heavy atom. The van der Waals surface area contributed by atoms with E-state index < -0.39 is 12.1 Å². The first-order chi connectivity index (χ1) is 8.60. The molecule has 98 valence electrons. The highest BCUT2D eigenvalue weighted by Gasteiger charge is 2.57. The molecule has 1 amide bonds. The van der Waals surface area contributed by atoms with E-state index >= 15 is 0 Å². The Bertz CT molecular complexity index is 434. The molecule has 5 heteroatoms. The van der Waals surface area contributed by atoms with Crippen molar-refractivity contribution in [3.05, 3.63) is 29.8 Å². The van der Waals surface area contributed by atoms with Crippen molar-refractivity contribution in [2.75, 3.05) is 21.3 Å². The molecule has 4 nitrogen and oxygen atoms in total. The predicted molar refractivity (Wildman–Crippen MR) is 63.9 cm³/mol. The third-order valence-electron chi connectivity index (χ3n) is 3.30. The van der Waals surface area contributed by atoms with Crippen LogP contribution in [0.4, 0.5) is 4.39 Å². The molecule has 18 heavy (non-hydrogen) atoms. The lowest BCUT2D eigenvalue weighted by molar-refractivity contribution is -0.170. The van der Waals surface area contributed by atoms with Crippen LogP contribution in [-0.2, 0) is 9.63 Å². The number of hydrogen-bond donors (Lipinski definition) is 0. The van der Waals surface area contributed by atoms with E-state index in [0.29, 0.717) is 5.75 Å². The lowest BCUT2D eigenvalue weighted by Crippen LogP contribution is -2.27. The van der Waals surface area contributed by atoms with Crippen LogP contribution in [-0.4, -0.2) is 38.4 Å². The van der Waals surface area contributed by atoms with Crippen molar-refractivity contribution in [2.24, 2.45) is 5.92 Å². The van der Waals surface area contributed by atoms with Crippen LogP contribution in [0.3, 0.4) is 0 Å². The largest absolute Gasteiger partial charge is 0.497 e. The molecule has 0 unspecified atom stereocenters. The van der Waals surface area contributed by atoms with Gasteiger partial charge >= 0.3 is 0 Å². The van der Waals surface area contributed by atoms with E-state index in [4.69, 9.17) is 9.57 Å². The summed E-state index contributed by atoms with van der Waals surface area (Å²) in [5.41, 5.74) is 0.811. The number of amides is 1. The number of halogens is 1. The summed E-state index contributed by atoms with van der Waals surface area (Å²) in [7, 11) is 4.44. The molecule has 2 rings (SSSR count). The Morgan fingerprint density at radius 1 is 1.28 bits per heavy atom. The second-order valence-corrected chi connectivity index (χ2v) is 4.29. The zero-order valence-corrected chi connectivity index (χ0v) is 10.6. The van der Waals surface area contributed by atoms with E-state index in [9.17, 15) is 9.18 Å². The minimum absolute atomic E-state index is 0.328. The highest BCUT2D eigenvalue weighted by atomic mass is 19.1. The highest BCUT2D eigenvalue weighted by molar-refractivity contribution is 5.83. The number of carbonyl (C=O) groups excluding carboxylic acids is 1. The molecule has 0 aliphatic heterocycles. The third kappa shape index (κ3) is 2.18. The summed E-state index contributed by atoms with van der Waals surface area (Å²) in [6.07, 6.45) is -1.14. The summed E-state index contributed by atoms with van der Waals surface area (Å²) in [4.78, 5) is 16.6. The fourth-order valence-corrected chi connectivity index (χ4v) is 2.08. The average molecular weight is 253 g/mol. The zero-order chi connectivity index (χ0) is 13.3. The van der Waals surface area contributed by atoms with Gasteiger partial charge in [-0.15, -0.1) is 0 Å². The second kappa shape index (κ2) is 4.94. The van der Waals surface area contributed by atoms with Crippen LogP contribution in [0.15, 0.2) is 24.3 Å². The van der Waals surface area contributed by atoms with Gasteiger partial charge in [-0.2, -0.15) is 0 Å². The first-order valence-electron chi connectivity index (χ1n) is 5.70. The molecule has 1 aliphatic rings. The van der Waals surface area contributed by atoms with Gasteiger partial charge in [-0.1, -0.05) is 12.1 Å². The lowest BCUT2D eigenvalue weighted by atomic mass is 10.1. The molecule has 1 aromatic carbocycles. The quantitative estimate of drug-likeness (QED) is 0.768. The van der Waals surface area contributed by atoms with Crippen molar-refractivity contribution in [1.29, 1.82) is 0 Å². The monoisotopic (exact) mass is 253 g/mol. The van der Waals surface area contributed by atoms with Crippen LogP contribution in [0.25, 0.3) is 0 Å². The van der Waals surface area contributed by atoms with Gasteiger partial charge in [-0.3, -0.25) is 9.63 Å². The van der Waals surface area contributed by atoms with Gasteiger partial charge in [-0.05, 0) is 17.7 Å². The van der Waals surface area contributed by atoms with Gasteiger partial charge in [0.25, 0.3) is 5.91 Å². The van der Waals surface area contributed by atoms with Crippen molar-refractivity contribution < 1.29 is 18.8 Å². The Morgan fingerprint density at radius 2 is 1.89 bits per heavy atom. The molecule has 3 atom stereocenters. The van der Waals surface area contributed by atoms with Crippen molar-refractivity contribution in [3.8, 4) is 5.75 Å². The van der Waals surface area contributed by atoms with Gasteiger partial charge < -0.3 is 4.74 Å². The molecule has 1 aromatic rings. The minimum Gasteiger partial charge on any atom is -0.497 e. The first-order valence-corrected chi connectivity index (χ1v) is 5.70. The van der Waals surface area contributed by atoms with Crippen LogP contribution in [0.1, 0.15) is 11.5 Å². The van der Waals surface area contributed by atoms with Crippen LogP contribution in [0, 0.1) is 5.92 Å². The smallest absolute Gasteiger partial charge is 0.252 e. The van der Waals surface area contributed by atoms with E-state index in [0.717, 1.165) is 10.6 Å². The maximum atomic E-state index is 13.7. The lowest BCUT2D eigenvalue weighted by Gasteiger charge is -2.12. The fourth-order valence-electron chi connectivity index (χ4n) is 2.08. The van der Waals surface area contributed by atoms with Crippen LogP contribution in [0.2, 0.25) is 0 Å². The number of hydrogen-bond acceptors (Lipinski definition) is 3. The molecular weight excluding hydrogens is 237 g/mol. The molecule has 0 spiro atoms. The molecule has 1 saturated carbocycles. The molecule has 1 aliphatic carbocycles. The van der Waals surface area contributed by atoms with Gasteiger partial charge in [0.05, 0.1) is 20.1 Å². The average Bonchev–Trinajstić information content (AvgIpc) is 3.08. The Balaban J connectivity index is 2.09. The first kappa shape index (κ1) is 12.8. The minimum atomic E-state index is -1.14. The number of nitrogens with zero attached hydrogens (tertiary/aromatic N) is 1. The number of ether oxygens (including phenoxy) is 1. The molecule has 0 radical (unpaired) electrons. The molecule has 0 heterocycles. The number of carbonyl (C=O) groups is 1. The van der Waals surface area contributed by atoms with Gasteiger partial charge in [0.2, 0.25) is 0 Å². The SMILES string of the molecule is COc1ccc([C@H]2[C@H](F)[C@@H]2C(=O)N(C)OC)cc1. The van der Waals surface area contributed by atoms with E-state index in [1.165, 1.54) is 14.2 Å². The second-order valence-electron chi connectivity index (χ2n) is 4.29. The summed E-state index contributed by atoms with van der Waals surface area (Å²) >= 11 is 0. The van der Waals surface area contributed by atoms with E-state index in [-0.39, 0.29) is 11.8 Å². The van der Waals surface area contributed by atoms with Gasteiger partial charge in [0.1, 0.15) is 11.9 Å². The molecule has 0 N–H and O–H groups in total. The maximum absolute atomic E-state index is 13.7. The molecular formula is C13H16FNO3. The zero-order valence-electron chi connectivity index (χ0n) is 10.6. The van der Waals surface area contributed by atoms with Gasteiger partial charge in [-0.25, -0.2) is 9.45 Å². The summed E-state index contributed by atoms with van der Waals surface area (Å²) in [5.74, 6) is -0.623. The molecule has 0 aromatic heterocycles. The normalized spacial score (nSPS) is 25.7. The predicted octanol–water partition coefficient (Wildman–Crippen LogP) is 1.77. The van der Waals surface area contributed by atoms with Crippen molar-refractivity contribution in [3.63, 3.8) is 0 Å². The van der Waals surface area contributed by atoms with Crippen molar-refractivity contribution in [2.45, 2.75) is 12.1 Å². The number of hydroxylamine groups is 2. The maximum Gasteiger partial charge on any atom is 0.252 e. The van der Waals surface area contributed by atoms with Crippen LogP contribution >= 0.6 is 0 Å². The van der Waals surface area contributed by atoms with Crippen LogP contribution < -0.4 is 4.74 Å².